The first-order valence-corrected chi connectivity index (χ1v) is 3.22. The van der Waals surface area contributed by atoms with Crippen LogP contribution in [0.5, 0.6) is 0 Å². The van der Waals surface area contributed by atoms with Gasteiger partial charge < -0.3 is 5.21 Å². The zero-order valence-electron chi connectivity index (χ0n) is 6.88. The van der Waals surface area contributed by atoms with Gasteiger partial charge in [-0.25, -0.2) is 0 Å². The van der Waals surface area contributed by atoms with Crippen LogP contribution >= 0.6 is 0 Å². The molecule has 4 nitrogen and oxygen atoms in total. The van der Waals surface area contributed by atoms with Crippen LogP contribution in [0.4, 0.5) is 0 Å². The van der Waals surface area contributed by atoms with Gasteiger partial charge in [0.2, 0.25) is 0 Å². The first-order chi connectivity index (χ1) is 4.52. The summed E-state index contributed by atoms with van der Waals surface area (Å²) in [5.41, 5.74) is -0.447. The maximum Gasteiger partial charge on any atom is 0.0856 e. The first kappa shape index (κ1) is 9.84. The maximum absolute atomic E-state index is 10.5. The normalized spacial score (nSPS) is 12.6. The Bertz CT molecular complexity index is 95.0. The Morgan fingerprint density at radius 2 is 2.00 bits per heavy atom. The van der Waals surface area contributed by atoms with E-state index in [0.29, 0.717) is 0 Å². The van der Waals surface area contributed by atoms with Gasteiger partial charge in [0.15, 0.2) is 0 Å². The lowest BCUT2D eigenvalue weighted by Gasteiger charge is -2.33. The molecule has 0 saturated heterocycles. The highest BCUT2D eigenvalue weighted by molar-refractivity contribution is 4.63. The molecule has 0 bridgehead atoms. The topological polar surface area (TPSA) is 44.8 Å². The molecule has 0 rings (SSSR count). The quantitative estimate of drug-likeness (QED) is 0.566. The zero-order chi connectivity index (χ0) is 8.20. The van der Waals surface area contributed by atoms with Crippen LogP contribution < -0.4 is 0 Å². The van der Waals surface area contributed by atoms with Crippen molar-refractivity contribution in [1.29, 1.82) is 0 Å². The lowest BCUT2D eigenvalue weighted by molar-refractivity contribution is -0.364. The van der Waals surface area contributed by atoms with Gasteiger partial charge >= 0.3 is 0 Å². The minimum Gasteiger partial charge on any atom is -0.738 e. The molecule has 0 unspecified atom stereocenters. The van der Waals surface area contributed by atoms with Gasteiger partial charge in [0, 0.05) is 0 Å². The molecule has 0 saturated carbocycles. The monoisotopic (exact) mass is 148 g/mol. The lowest BCUT2D eigenvalue weighted by Crippen LogP contribution is -2.31. The molecule has 4 heteroatoms. The van der Waals surface area contributed by atoms with Gasteiger partial charge in [-0.2, -0.15) is 0 Å². The van der Waals surface area contributed by atoms with Crippen molar-refractivity contribution in [3.63, 3.8) is 0 Å². The predicted octanol–water partition coefficient (Wildman–Crippen LogP) is 1.47. The van der Waals surface area contributed by atoms with Gasteiger partial charge in [0.25, 0.3) is 0 Å². The van der Waals surface area contributed by atoms with Crippen LogP contribution in [0.3, 0.4) is 0 Å². The fourth-order valence-corrected chi connectivity index (χ4v) is 0.304. The Morgan fingerprint density at radius 1 is 1.50 bits per heavy atom. The molecule has 0 aliphatic carbocycles. The summed E-state index contributed by atoms with van der Waals surface area (Å²) < 4.78 is 0. The van der Waals surface area contributed by atoms with E-state index in [4.69, 9.17) is 4.84 Å². The van der Waals surface area contributed by atoms with E-state index in [9.17, 15) is 5.21 Å². The van der Waals surface area contributed by atoms with Crippen molar-refractivity contribution in [3.8, 4) is 0 Å². The minimum absolute atomic E-state index is 0.115. The molecule has 0 heterocycles. The molecule has 0 aromatic rings. The number of hydrogen-bond acceptors (Lipinski definition) is 4. The van der Waals surface area contributed by atoms with Crippen LogP contribution in [-0.2, 0) is 9.68 Å². The van der Waals surface area contributed by atoms with Gasteiger partial charge in [-0.05, 0) is 20.3 Å². The molecular formula is C6H14NO3-. The number of nitrogens with zero attached hydrogens (tertiary/aromatic N) is 1. The summed E-state index contributed by atoms with van der Waals surface area (Å²) in [7, 11) is 1.26. The molecule has 0 fully saturated rings. The molecule has 10 heavy (non-hydrogen) atoms. The first-order valence-electron chi connectivity index (χ1n) is 3.22. The van der Waals surface area contributed by atoms with Crippen molar-refractivity contribution in [2.75, 3.05) is 7.11 Å². The molecule has 0 aliphatic rings. The third kappa shape index (κ3) is 3.79. The molecule has 0 aromatic heterocycles. The largest absolute Gasteiger partial charge is 0.738 e. The third-order valence-corrected chi connectivity index (χ3v) is 1.32. The molecular weight excluding hydrogens is 134 g/mol. The second kappa shape index (κ2) is 3.88. The van der Waals surface area contributed by atoms with E-state index in [1.54, 1.807) is 0 Å². The van der Waals surface area contributed by atoms with Crippen LogP contribution in [0.25, 0.3) is 0 Å². The van der Waals surface area contributed by atoms with E-state index in [2.05, 4.69) is 4.84 Å². The van der Waals surface area contributed by atoms with Crippen molar-refractivity contribution in [2.24, 2.45) is 0 Å². The summed E-state index contributed by atoms with van der Waals surface area (Å²) >= 11 is 0. The number of rotatable bonds is 4. The summed E-state index contributed by atoms with van der Waals surface area (Å²) in [5, 5.41) is 10.6. The Labute approximate surface area is 61.2 Å². The second-order valence-corrected chi connectivity index (χ2v) is 2.61. The predicted molar refractivity (Wildman–Crippen MR) is 37.7 cm³/mol. The second-order valence-electron chi connectivity index (χ2n) is 2.61. The Kier molecular flexibility index (Phi) is 3.81. The van der Waals surface area contributed by atoms with Crippen LogP contribution in [0.15, 0.2) is 0 Å². The van der Waals surface area contributed by atoms with E-state index in [1.807, 2.05) is 20.8 Å². The lowest BCUT2D eigenvalue weighted by atomic mass is 10.1. The van der Waals surface area contributed by atoms with Crippen molar-refractivity contribution in [2.45, 2.75) is 32.8 Å². The Morgan fingerprint density at radius 3 is 2.30 bits per heavy atom. The van der Waals surface area contributed by atoms with E-state index < -0.39 is 5.60 Å². The van der Waals surface area contributed by atoms with E-state index >= 15 is 0 Å². The smallest absolute Gasteiger partial charge is 0.0856 e. The van der Waals surface area contributed by atoms with Crippen LogP contribution in [0.2, 0.25) is 0 Å². The third-order valence-electron chi connectivity index (χ3n) is 1.32. The average molecular weight is 148 g/mol. The highest BCUT2D eigenvalue weighted by atomic mass is 17.1. The molecule has 0 spiro atoms. The molecule has 0 amide bonds. The fraction of sp³-hybridized carbons (Fsp3) is 1.00. The fourth-order valence-electron chi connectivity index (χ4n) is 0.304. The van der Waals surface area contributed by atoms with Gasteiger partial charge in [0.05, 0.1) is 12.7 Å². The molecule has 0 radical (unpaired) electrons. The summed E-state index contributed by atoms with van der Waals surface area (Å²) in [6.07, 6.45) is 0.759. The summed E-state index contributed by atoms with van der Waals surface area (Å²) in [6, 6.07) is 0. The SMILES string of the molecule is CCC(C)(C)ON([O-])OC. The highest BCUT2D eigenvalue weighted by Crippen LogP contribution is 2.14. The minimum atomic E-state index is -0.447. The van der Waals surface area contributed by atoms with Crippen molar-refractivity contribution in [1.82, 2.24) is 5.39 Å². The molecule has 0 aliphatic heterocycles. The molecule has 0 aromatic carbocycles. The van der Waals surface area contributed by atoms with Crippen molar-refractivity contribution < 1.29 is 9.68 Å². The van der Waals surface area contributed by atoms with Crippen LogP contribution in [0, 0.1) is 5.21 Å². The van der Waals surface area contributed by atoms with Crippen LogP contribution in [0.1, 0.15) is 27.2 Å². The van der Waals surface area contributed by atoms with Crippen molar-refractivity contribution >= 4 is 0 Å². The molecule has 62 valence electrons. The standard InChI is InChI=1S/C6H14NO3/c1-5-6(2,3)10-7(8)9-4/h5H2,1-4H3/q-1. The average Bonchev–Trinajstić information content (AvgIpc) is 1.87. The van der Waals surface area contributed by atoms with Gasteiger partial charge in [-0.3, -0.25) is 9.68 Å². The van der Waals surface area contributed by atoms with E-state index in [0.717, 1.165) is 6.42 Å². The summed E-state index contributed by atoms with van der Waals surface area (Å²) in [5.74, 6) is 0. The summed E-state index contributed by atoms with van der Waals surface area (Å²) in [4.78, 5) is 9.04. The zero-order valence-corrected chi connectivity index (χ0v) is 6.88. The highest BCUT2D eigenvalue weighted by Gasteiger charge is 2.16. The number of hydrogen-bond donors (Lipinski definition) is 0. The van der Waals surface area contributed by atoms with Crippen molar-refractivity contribution in [3.05, 3.63) is 5.21 Å². The van der Waals surface area contributed by atoms with Crippen LogP contribution in [-0.4, -0.2) is 18.1 Å². The van der Waals surface area contributed by atoms with E-state index in [-0.39, 0.29) is 5.39 Å². The molecule has 0 atom stereocenters. The maximum atomic E-state index is 10.5. The van der Waals surface area contributed by atoms with Gasteiger partial charge in [-0.15, -0.1) is 5.39 Å². The molecule has 0 N–H and O–H groups in total. The van der Waals surface area contributed by atoms with Gasteiger partial charge in [-0.1, -0.05) is 6.92 Å². The Balaban J connectivity index is 3.64. The summed E-state index contributed by atoms with van der Waals surface area (Å²) in [6.45, 7) is 5.57. The van der Waals surface area contributed by atoms with E-state index in [1.165, 1.54) is 7.11 Å². The Hall–Kier alpha value is -0.160. The van der Waals surface area contributed by atoms with Gasteiger partial charge in [0.1, 0.15) is 0 Å².